The lowest BCUT2D eigenvalue weighted by molar-refractivity contribution is -0.142. The molecule has 4 nitrogen and oxygen atoms in total. The Morgan fingerprint density at radius 1 is 1.40 bits per heavy atom. The normalized spacial score (nSPS) is 11.1. The van der Waals surface area contributed by atoms with E-state index in [1.807, 2.05) is 6.92 Å². The Kier molecular flexibility index (Phi) is 8.33. The summed E-state index contributed by atoms with van der Waals surface area (Å²) in [6, 6.07) is 0.567. The van der Waals surface area contributed by atoms with E-state index in [4.69, 9.17) is 4.74 Å². The third-order valence-electron chi connectivity index (χ3n) is 2.33. The summed E-state index contributed by atoms with van der Waals surface area (Å²) >= 11 is 0. The molecule has 0 atom stereocenters. The fraction of sp³-hybridized carbons (Fsp3) is 0.909. The number of ether oxygens (including phenoxy) is 1. The smallest absolute Gasteiger partial charge is 0.307 e. The summed E-state index contributed by atoms with van der Waals surface area (Å²) in [5.41, 5.74) is 0. The highest BCUT2D eigenvalue weighted by molar-refractivity contribution is 5.69. The lowest BCUT2D eigenvalue weighted by Gasteiger charge is -2.20. The molecule has 1 N–H and O–H groups in total. The lowest BCUT2D eigenvalue weighted by Crippen LogP contribution is -2.34. The molecule has 0 aromatic rings. The maximum absolute atomic E-state index is 11.0. The first-order valence-electron chi connectivity index (χ1n) is 5.64. The standard InChI is InChI=1S/C11H24N2O2/c1-5-15-11(14)6-7-12-8-9-13(4)10(2)3/h10,12H,5-9H2,1-4H3. The molecular formula is C11H24N2O2. The van der Waals surface area contributed by atoms with Gasteiger partial charge in [0.2, 0.25) is 0 Å². The summed E-state index contributed by atoms with van der Waals surface area (Å²) in [7, 11) is 2.09. The first-order chi connectivity index (χ1) is 7.07. The van der Waals surface area contributed by atoms with Crippen LogP contribution in [-0.4, -0.2) is 50.2 Å². The second kappa shape index (κ2) is 8.68. The molecule has 0 aliphatic heterocycles. The Bertz CT molecular complexity index is 172. The minimum absolute atomic E-state index is 0.123. The van der Waals surface area contributed by atoms with Crippen LogP contribution in [0.3, 0.4) is 0 Å². The zero-order valence-electron chi connectivity index (χ0n) is 10.4. The van der Waals surface area contributed by atoms with Crippen LogP contribution in [0.4, 0.5) is 0 Å². The molecule has 0 amide bonds. The van der Waals surface area contributed by atoms with E-state index in [2.05, 4.69) is 31.1 Å². The first kappa shape index (κ1) is 14.4. The van der Waals surface area contributed by atoms with Gasteiger partial charge in [0.25, 0.3) is 0 Å². The average Bonchev–Trinajstić information content (AvgIpc) is 2.17. The maximum atomic E-state index is 11.0. The Morgan fingerprint density at radius 2 is 2.07 bits per heavy atom. The molecule has 0 spiro atoms. The van der Waals surface area contributed by atoms with Crippen molar-refractivity contribution >= 4 is 5.97 Å². The molecule has 15 heavy (non-hydrogen) atoms. The molecule has 0 aromatic carbocycles. The van der Waals surface area contributed by atoms with Gasteiger partial charge in [0.1, 0.15) is 0 Å². The first-order valence-corrected chi connectivity index (χ1v) is 5.64. The number of carbonyl (C=O) groups is 1. The van der Waals surface area contributed by atoms with Gasteiger partial charge in [0.05, 0.1) is 13.0 Å². The zero-order valence-corrected chi connectivity index (χ0v) is 10.4. The summed E-state index contributed by atoms with van der Waals surface area (Å²) in [5.74, 6) is -0.123. The number of carbonyl (C=O) groups excluding carboxylic acids is 1. The van der Waals surface area contributed by atoms with E-state index < -0.39 is 0 Å². The van der Waals surface area contributed by atoms with Gasteiger partial charge in [-0.3, -0.25) is 4.79 Å². The number of nitrogens with one attached hydrogen (secondary N) is 1. The van der Waals surface area contributed by atoms with Gasteiger partial charge >= 0.3 is 5.97 Å². The summed E-state index contributed by atoms with van der Waals surface area (Å²) < 4.78 is 4.82. The number of nitrogens with zero attached hydrogens (tertiary/aromatic N) is 1. The molecule has 0 saturated carbocycles. The van der Waals surface area contributed by atoms with Gasteiger partial charge in [-0.05, 0) is 27.8 Å². The van der Waals surface area contributed by atoms with Crippen LogP contribution in [0.15, 0.2) is 0 Å². The molecule has 0 unspecified atom stereocenters. The Hall–Kier alpha value is -0.610. The van der Waals surface area contributed by atoms with Crippen LogP contribution in [0, 0.1) is 0 Å². The largest absolute Gasteiger partial charge is 0.466 e. The van der Waals surface area contributed by atoms with E-state index in [1.54, 1.807) is 0 Å². The van der Waals surface area contributed by atoms with Crippen LogP contribution < -0.4 is 5.32 Å². The van der Waals surface area contributed by atoms with E-state index in [0.717, 1.165) is 13.1 Å². The number of esters is 1. The number of likely N-dealkylation sites (N-methyl/N-ethyl adjacent to an activating group) is 1. The van der Waals surface area contributed by atoms with Crippen molar-refractivity contribution in [3.8, 4) is 0 Å². The molecule has 0 aliphatic carbocycles. The topological polar surface area (TPSA) is 41.6 Å². The van der Waals surface area contributed by atoms with Gasteiger partial charge in [-0.2, -0.15) is 0 Å². The Morgan fingerprint density at radius 3 is 2.60 bits per heavy atom. The van der Waals surface area contributed by atoms with Crippen molar-refractivity contribution < 1.29 is 9.53 Å². The molecule has 0 heterocycles. The fourth-order valence-electron chi connectivity index (χ4n) is 1.06. The third-order valence-corrected chi connectivity index (χ3v) is 2.33. The van der Waals surface area contributed by atoms with E-state index in [-0.39, 0.29) is 5.97 Å². The van der Waals surface area contributed by atoms with Gasteiger partial charge in [-0.25, -0.2) is 0 Å². The second-order valence-corrected chi connectivity index (χ2v) is 3.88. The minimum atomic E-state index is -0.123. The van der Waals surface area contributed by atoms with Crippen molar-refractivity contribution in [2.45, 2.75) is 33.2 Å². The van der Waals surface area contributed by atoms with E-state index >= 15 is 0 Å². The quantitative estimate of drug-likeness (QED) is 0.483. The van der Waals surface area contributed by atoms with Crippen LogP contribution in [0.2, 0.25) is 0 Å². The predicted octanol–water partition coefficient (Wildman–Crippen LogP) is 0.869. The highest BCUT2D eigenvalue weighted by Gasteiger charge is 2.03. The van der Waals surface area contributed by atoms with Crippen molar-refractivity contribution in [2.75, 3.05) is 33.3 Å². The molecule has 0 saturated heterocycles. The number of hydrogen-bond donors (Lipinski definition) is 1. The summed E-state index contributed by atoms with van der Waals surface area (Å²) in [6.45, 7) is 9.23. The Labute approximate surface area is 93.0 Å². The summed E-state index contributed by atoms with van der Waals surface area (Å²) in [6.07, 6.45) is 0.458. The molecule has 0 aromatic heterocycles. The van der Waals surface area contributed by atoms with Gasteiger partial charge in [-0.15, -0.1) is 0 Å². The SMILES string of the molecule is CCOC(=O)CCNCCN(C)C(C)C. The average molecular weight is 216 g/mol. The van der Waals surface area contributed by atoms with Crippen molar-refractivity contribution in [3.05, 3.63) is 0 Å². The van der Waals surface area contributed by atoms with Gasteiger partial charge in [-0.1, -0.05) is 0 Å². The van der Waals surface area contributed by atoms with Crippen molar-refractivity contribution in [1.82, 2.24) is 10.2 Å². The van der Waals surface area contributed by atoms with Crippen LogP contribution in [-0.2, 0) is 9.53 Å². The minimum Gasteiger partial charge on any atom is -0.466 e. The van der Waals surface area contributed by atoms with Crippen LogP contribution in [0.5, 0.6) is 0 Å². The highest BCUT2D eigenvalue weighted by Crippen LogP contribution is 1.91. The molecule has 0 bridgehead atoms. The fourth-order valence-corrected chi connectivity index (χ4v) is 1.06. The van der Waals surface area contributed by atoms with Crippen LogP contribution in [0.1, 0.15) is 27.2 Å². The van der Waals surface area contributed by atoms with E-state index in [0.29, 0.717) is 25.6 Å². The number of hydrogen-bond acceptors (Lipinski definition) is 4. The molecule has 4 heteroatoms. The van der Waals surface area contributed by atoms with Crippen molar-refractivity contribution in [2.24, 2.45) is 0 Å². The lowest BCUT2D eigenvalue weighted by atomic mass is 10.3. The number of rotatable bonds is 8. The maximum Gasteiger partial charge on any atom is 0.307 e. The second-order valence-electron chi connectivity index (χ2n) is 3.88. The van der Waals surface area contributed by atoms with Crippen LogP contribution >= 0.6 is 0 Å². The van der Waals surface area contributed by atoms with E-state index in [1.165, 1.54) is 0 Å². The van der Waals surface area contributed by atoms with E-state index in [9.17, 15) is 4.79 Å². The molecular weight excluding hydrogens is 192 g/mol. The molecule has 0 aliphatic rings. The van der Waals surface area contributed by atoms with Gasteiger partial charge in [0, 0.05) is 25.7 Å². The molecule has 0 rings (SSSR count). The van der Waals surface area contributed by atoms with Gasteiger partial charge in [0.15, 0.2) is 0 Å². The van der Waals surface area contributed by atoms with Crippen molar-refractivity contribution in [3.63, 3.8) is 0 Å². The van der Waals surface area contributed by atoms with Crippen molar-refractivity contribution in [1.29, 1.82) is 0 Å². The monoisotopic (exact) mass is 216 g/mol. The molecule has 0 radical (unpaired) electrons. The molecule has 0 fully saturated rings. The third kappa shape index (κ3) is 8.39. The van der Waals surface area contributed by atoms with Crippen LogP contribution in [0.25, 0.3) is 0 Å². The summed E-state index contributed by atoms with van der Waals surface area (Å²) in [4.78, 5) is 13.2. The highest BCUT2D eigenvalue weighted by atomic mass is 16.5. The summed E-state index contributed by atoms with van der Waals surface area (Å²) in [5, 5.41) is 3.22. The van der Waals surface area contributed by atoms with Gasteiger partial charge < -0.3 is 15.0 Å². The predicted molar refractivity (Wildman–Crippen MR) is 61.9 cm³/mol. The Balaban J connectivity index is 3.28. The molecule has 90 valence electrons. The zero-order chi connectivity index (χ0) is 11.7.